The summed E-state index contributed by atoms with van der Waals surface area (Å²) >= 11 is 7.17. The van der Waals surface area contributed by atoms with Gasteiger partial charge in [0.2, 0.25) is 0 Å². The van der Waals surface area contributed by atoms with Crippen molar-refractivity contribution >= 4 is 45.6 Å². The molecule has 0 aliphatic carbocycles. The number of piperazine rings is 1. The zero-order valence-corrected chi connectivity index (χ0v) is 17.9. The van der Waals surface area contributed by atoms with Crippen molar-refractivity contribution in [3.05, 3.63) is 64.0 Å². The average molecular weight is 485 g/mol. The maximum atomic E-state index is 12.8. The SMILES string of the molecule is O=C(Nc1ccc(C(=O)N2CCN(c3ncc(C(F)(F)F)cc3Cl)CC2)s1)c1ccco1. The van der Waals surface area contributed by atoms with Crippen molar-refractivity contribution in [3.8, 4) is 0 Å². The van der Waals surface area contributed by atoms with Crippen molar-refractivity contribution in [2.45, 2.75) is 6.18 Å². The summed E-state index contributed by atoms with van der Waals surface area (Å²) in [7, 11) is 0. The van der Waals surface area contributed by atoms with Crippen LogP contribution in [0.2, 0.25) is 5.02 Å². The van der Waals surface area contributed by atoms with E-state index in [-0.39, 0.29) is 22.5 Å². The first kappa shape index (κ1) is 22.2. The number of nitrogens with one attached hydrogen (secondary N) is 1. The predicted molar refractivity (Wildman–Crippen MR) is 113 cm³/mol. The van der Waals surface area contributed by atoms with Crippen molar-refractivity contribution in [2.75, 3.05) is 36.4 Å². The van der Waals surface area contributed by atoms with Crippen LogP contribution in [0, 0.1) is 0 Å². The third-order valence-electron chi connectivity index (χ3n) is 4.81. The first-order valence-electron chi connectivity index (χ1n) is 9.44. The van der Waals surface area contributed by atoms with E-state index < -0.39 is 17.6 Å². The van der Waals surface area contributed by atoms with Crippen molar-refractivity contribution in [1.82, 2.24) is 9.88 Å². The third kappa shape index (κ3) is 4.73. The Morgan fingerprint density at radius 1 is 1.16 bits per heavy atom. The number of carbonyl (C=O) groups excluding carboxylic acids is 2. The van der Waals surface area contributed by atoms with Gasteiger partial charge in [-0.25, -0.2) is 4.98 Å². The van der Waals surface area contributed by atoms with Crippen LogP contribution in [-0.4, -0.2) is 47.9 Å². The minimum atomic E-state index is -4.52. The van der Waals surface area contributed by atoms with Crippen molar-refractivity contribution in [1.29, 1.82) is 0 Å². The van der Waals surface area contributed by atoms with Gasteiger partial charge in [0.15, 0.2) is 5.76 Å². The summed E-state index contributed by atoms with van der Waals surface area (Å²) in [5.41, 5.74) is -0.910. The van der Waals surface area contributed by atoms with Gasteiger partial charge in [-0.15, -0.1) is 11.3 Å². The fourth-order valence-electron chi connectivity index (χ4n) is 3.20. The Kier molecular flexibility index (Phi) is 6.11. The van der Waals surface area contributed by atoms with Crippen LogP contribution < -0.4 is 10.2 Å². The Balaban J connectivity index is 1.36. The number of anilines is 2. The number of nitrogens with zero attached hydrogens (tertiary/aromatic N) is 3. The Bertz CT molecular complexity index is 1130. The molecule has 32 heavy (non-hydrogen) atoms. The first-order valence-corrected chi connectivity index (χ1v) is 10.6. The predicted octanol–water partition coefficient (Wildman–Crippen LogP) is 4.62. The lowest BCUT2D eigenvalue weighted by Gasteiger charge is -2.35. The number of pyridine rings is 1. The molecule has 1 saturated heterocycles. The molecule has 1 N–H and O–H groups in total. The molecule has 0 spiro atoms. The molecular formula is C20H16ClF3N4O3S. The Hall–Kier alpha value is -3.05. The van der Waals surface area contributed by atoms with E-state index in [0.29, 0.717) is 36.1 Å². The Morgan fingerprint density at radius 2 is 1.91 bits per heavy atom. The number of hydrogen-bond acceptors (Lipinski definition) is 6. The van der Waals surface area contributed by atoms with Crippen LogP contribution >= 0.6 is 22.9 Å². The van der Waals surface area contributed by atoms with Crippen LogP contribution in [0.4, 0.5) is 24.0 Å². The van der Waals surface area contributed by atoms with E-state index in [9.17, 15) is 22.8 Å². The quantitative estimate of drug-likeness (QED) is 0.584. The van der Waals surface area contributed by atoms with E-state index >= 15 is 0 Å². The van der Waals surface area contributed by atoms with Gasteiger partial charge in [-0.1, -0.05) is 11.6 Å². The van der Waals surface area contributed by atoms with E-state index in [0.717, 1.165) is 23.6 Å². The summed E-state index contributed by atoms with van der Waals surface area (Å²) in [4.78, 5) is 32.6. The summed E-state index contributed by atoms with van der Waals surface area (Å²) in [6.07, 6.45) is -2.37. The maximum Gasteiger partial charge on any atom is 0.417 e. The van der Waals surface area contributed by atoms with Crippen LogP contribution in [0.1, 0.15) is 25.8 Å². The number of rotatable bonds is 4. The highest BCUT2D eigenvalue weighted by molar-refractivity contribution is 7.18. The standard InChI is InChI=1S/C20H16ClF3N4O3S/c21-13-10-12(20(22,23)24)11-25-17(13)27-5-7-28(8-6-27)19(30)15-3-4-16(32-15)26-18(29)14-2-1-9-31-14/h1-4,9-11H,5-8H2,(H,26,29). The number of thiophene rings is 1. The summed E-state index contributed by atoms with van der Waals surface area (Å²) in [6, 6.07) is 7.26. The molecule has 4 heterocycles. The van der Waals surface area contributed by atoms with E-state index in [1.165, 1.54) is 12.3 Å². The molecule has 0 unspecified atom stereocenters. The number of amides is 2. The van der Waals surface area contributed by atoms with Gasteiger partial charge in [0, 0.05) is 32.4 Å². The van der Waals surface area contributed by atoms with E-state index in [2.05, 4.69) is 10.3 Å². The van der Waals surface area contributed by atoms with Gasteiger partial charge in [-0.05, 0) is 30.3 Å². The third-order valence-corrected chi connectivity index (χ3v) is 6.08. The van der Waals surface area contributed by atoms with Crippen LogP contribution in [0.25, 0.3) is 0 Å². The molecule has 0 aromatic carbocycles. The van der Waals surface area contributed by atoms with Gasteiger partial charge in [0.05, 0.1) is 26.7 Å². The largest absolute Gasteiger partial charge is 0.459 e. The summed E-state index contributed by atoms with van der Waals surface area (Å²) in [5.74, 6) is -0.186. The number of furan rings is 1. The smallest absolute Gasteiger partial charge is 0.417 e. The molecule has 3 aromatic rings. The second kappa shape index (κ2) is 8.83. The molecule has 4 rings (SSSR count). The molecule has 0 saturated carbocycles. The number of halogens is 4. The van der Waals surface area contributed by atoms with Gasteiger partial charge in [0.1, 0.15) is 5.82 Å². The van der Waals surface area contributed by atoms with E-state index in [4.69, 9.17) is 16.0 Å². The molecule has 1 fully saturated rings. The van der Waals surface area contributed by atoms with Crippen molar-refractivity contribution < 1.29 is 27.2 Å². The fourth-order valence-corrected chi connectivity index (χ4v) is 4.35. The first-order chi connectivity index (χ1) is 15.2. The van der Waals surface area contributed by atoms with E-state index in [1.54, 1.807) is 28.0 Å². The highest BCUT2D eigenvalue weighted by Crippen LogP contribution is 2.34. The maximum absolute atomic E-state index is 12.8. The van der Waals surface area contributed by atoms with Gasteiger partial charge < -0.3 is 19.5 Å². The summed E-state index contributed by atoms with van der Waals surface area (Å²) in [5, 5.41) is 3.10. The second-order valence-electron chi connectivity index (χ2n) is 6.90. The van der Waals surface area contributed by atoms with Crippen molar-refractivity contribution in [3.63, 3.8) is 0 Å². The van der Waals surface area contributed by atoms with Crippen LogP contribution in [0.15, 0.2) is 47.2 Å². The number of hydrogen-bond donors (Lipinski definition) is 1. The topological polar surface area (TPSA) is 78.7 Å². The minimum Gasteiger partial charge on any atom is -0.459 e. The number of aromatic nitrogens is 1. The van der Waals surface area contributed by atoms with Gasteiger partial charge >= 0.3 is 6.18 Å². The van der Waals surface area contributed by atoms with Crippen LogP contribution in [0.5, 0.6) is 0 Å². The van der Waals surface area contributed by atoms with Crippen LogP contribution in [0.3, 0.4) is 0 Å². The normalized spacial score (nSPS) is 14.5. The van der Waals surface area contributed by atoms with Gasteiger partial charge in [-0.3, -0.25) is 9.59 Å². The average Bonchev–Trinajstić information content (AvgIpc) is 3.45. The summed E-state index contributed by atoms with van der Waals surface area (Å²) < 4.78 is 43.4. The zero-order chi connectivity index (χ0) is 22.9. The summed E-state index contributed by atoms with van der Waals surface area (Å²) in [6.45, 7) is 1.45. The van der Waals surface area contributed by atoms with Crippen molar-refractivity contribution in [2.24, 2.45) is 0 Å². The molecule has 1 aliphatic rings. The molecule has 0 radical (unpaired) electrons. The molecule has 3 aromatic heterocycles. The number of carbonyl (C=O) groups is 2. The molecule has 1 aliphatic heterocycles. The Labute approximate surface area is 189 Å². The number of alkyl halides is 3. The molecule has 0 atom stereocenters. The molecule has 12 heteroatoms. The lowest BCUT2D eigenvalue weighted by atomic mass is 10.2. The molecular weight excluding hydrogens is 469 g/mol. The molecule has 7 nitrogen and oxygen atoms in total. The molecule has 2 amide bonds. The highest BCUT2D eigenvalue weighted by atomic mass is 35.5. The highest BCUT2D eigenvalue weighted by Gasteiger charge is 2.32. The minimum absolute atomic E-state index is 0.0881. The van der Waals surface area contributed by atoms with Gasteiger partial charge in [-0.2, -0.15) is 13.2 Å². The molecule has 168 valence electrons. The monoisotopic (exact) mass is 484 g/mol. The zero-order valence-electron chi connectivity index (χ0n) is 16.4. The molecule has 0 bridgehead atoms. The second-order valence-corrected chi connectivity index (χ2v) is 8.39. The fraction of sp³-hybridized carbons (Fsp3) is 0.250. The lowest BCUT2D eigenvalue weighted by Crippen LogP contribution is -2.49. The van der Waals surface area contributed by atoms with E-state index in [1.807, 2.05) is 0 Å². The van der Waals surface area contributed by atoms with Gasteiger partial charge in [0.25, 0.3) is 11.8 Å². The van der Waals surface area contributed by atoms with Crippen LogP contribution in [-0.2, 0) is 6.18 Å². The lowest BCUT2D eigenvalue weighted by molar-refractivity contribution is -0.137. The Morgan fingerprint density at radius 3 is 2.53 bits per heavy atom.